The van der Waals surface area contributed by atoms with Crippen molar-refractivity contribution in [2.45, 2.75) is 12.3 Å². The number of hydrogen-bond donors (Lipinski definition) is 0. The summed E-state index contributed by atoms with van der Waals surface area (Å²) in [6.07, 6.45) is 12.2. The molecule has 0 N–H and O–H groups in total. The first kappa shape index (κ1) is 37.8. The fourth-order valence-electron chi connectivity index (χ4n) is 10.5. The smallest absolute Gasteiger partial charge is 0.179 e. The molecule has 0 bridgehead atoms. The summed E-state index contributed by atoms with van der Waals surface area (Å²) in [5.74, 6) is 0.318. The maximum atomic E-state index is 6.46. The third-order valence-corrected chi connectivity index (χ3v) is 18.2. The van der Waals surface area contributed by atoms with Gasteiger partial charge in [0, 0.05) is 62.2 Å². The summed E-state index contributed by atoms with van der Waals surface area (Å²) in [6.45, 7) is 4.60. The molecule has 4 heteroatoms. The van der Waals surface area contributed by atoms with E-state index in [1.807, 2.05) is 12.1 Å². The van der Waals surface area contributed by atoms with Gasteiger partial charge in [0.1, 0.15) is 11.2 Å². The highest BCUT2D eigenvalue weighted by Crippen LogP contribution is 2.50. The lowest BCUT2D eigenvalue weighted by molar-refractivity contribution is 0.669. The molecule has 1 aliphatic heterocycles. The molecular formula is C60H44N2OSi. The van der Waals surface area contributed by atoms with Crippen LogP contribution in [0.1, 0.15) is 29.2 Å². The second-order valence-electron chi connectivity index (χ2n) is 16.9. The molecule has 8 aromatic carbocycles. The average molecular weight is 837 g/mol. The largest absolute Gasteiger partial charge is 0.456 e. The van der Waals surface area contributed by atoms with Gasteiger partial charge in [-0.1, -0.05) is 183 Å². The van der Waals surface area contributed by atoms with E-state index in [-0.39, 0.29) is 0 Å². The molecule has 0 saturated carbocycles. The zero-order valence-electron chi connectivity index (χ0n) is 35.3. The summed E-state index contributed by atoms with van der Waals surface area (Å²) in [5, 5.41) is 8.92. The summed E-state index contributed by atoms with van der Waals surface area (Å²) in [6, 6.07) is 75.1. The van der Waals surface area contributed by atoms with Gasteiger partial charge in [0.15, 0.2) is 8.07 Å². The van der Waals surface area contributed by atoms with Crippen molar-refractivity contribution in [3.63, 3.8) is 0 Å². The fourth-order valence-corrected chi connectivity index (χ4v) is 15.3. The zero-order chi connectivity index (χ0) is 42.6. The Morgan fingerprint density at radius 3 is 1.77 bits per heavy atom. The number of para-hydroxylation sites is 2. The van der Waals surface area contributed by atoms with Crippen molar-refractivity contribution in [3.8, 4) is 0 Å². The lowest BCUT2D eigenvalue weighted by Gasteiger charge is -2.35. The molecule has 0 amide bonds. The lowest BCUT2D eigenvalue weighted by Crippen LogP contribution is -2.74. The number of aromatic nitrogens is 1. The minimum absolute atomic E-state index is 0.318. The number of nitrogens with zero attached hydrogens (tertiary/aromatic N) is 2. The number of benzene rings is 8. The van der Waals surface area contributed by atoms with E-state index < -0.39 is 8.07 Å². The summed E-state index contributed by atoms with van der Waals surface area (Å²) >= 11 is 0. The van der Waals surface area contributed by atoms with E-state index in [2.05, 4.69) is 241 Å². The first-order chi connectivity index (χ1) is 31.7. The highest BCUT2D eigenvalue weighted by Gasteiger charge is 2.41. The first-order valence-corrected chi connectivity index (χ1v) is 24.1. The van der Waals surface area contributed by atoms with Crippen molar-refractivity contribution in [2.24, 2.45) is 0 Å². The van der Waals surface area contributed by atoms with Crippen LogP contribution in [0, 0.1) is 0 Å². The van der Waals surface area contributed by atoms with Crippen LogP contribution in [0.2, 0.25) is 0 Å². The molecule has 1 atom stereocenters. The van der Waals surface area contributed by atoms with Crippen LogP contribution in [0.5, 0.6) is 0 Å². The van der Waals surface area contributed by atoms with Crippen molar-refractivity contribution in [3.05, 3.63) is 253 Å². The van der Waals surface area contributed by atoms with Gasteiger partial charge in [-0.2, -0.15) is 0 Å². The number of anilines is 3. The molecule has 12 rings (SSSR count). The highest BCUT2D eigenvalue weighted by atomic mass is 28.3. The molecule has 0 radical (unpaired) electrons. The normalized spacial score (nSPS) is 15.2. The third kappa shape index (κ3) is 6.02. The summed E-state index contributed by atoms with van der Waals surface area (Å²) in [5.41, 5.74) is 12.3. The van der Waals surface area contributed by atoms with Crippen molar-refractivity contribution in [1.29, 1.82) is 0 Å². The molecule has 3 heterocycles. The van der Waals surface area contributed by atoms with Crippen LogP contribution < -0.4 is 25.6 Å². The van der Waals surface area contributed by atoms with E-state index in [0.717, 1.165) is 51.0 Å². The molecular weight excluding hydrogens is 793 g/mol. The van der Waals surface area contributed by atoms with Gasteiger partial charge in [0.25, 0.3) is 0 Å². The Bertz CT molecular complexity index is 3370. The van der Waals surface area contributed by atoms with Crippen molar-refractivity contribution < 1.29 is 4.42 Å². The van der Waals surface area contributed by atoms with Gasteiger partial charge in [0.2, 0.25) is 0 Å². The Hall–Kier alpha value is -7.92. The molecule has 1 unspecified atom stereocenters. The van der Waals surface area contributed by atoms with E-state index in [9.17, 15) is 0 Å². The highest BCUT2D eigenvalue weighted by molar-refractivity contribution is 7.19. The molecule has 3 nitrogen and oxygen atoms in total. The molecule has 64 heavy (non-hydrogen) atoms. The number of furan rings is 1. The summed E-state index contributed by atoms with van der Waals surface area (Å²) < 4.78 is 8.89. The number of allylic oxidation sites excluding steroid dienone is 5. The van der Waals surface area contributed by atoms with Crippen LogP contribution in [0.3, 0.4) is 0 Å². The summed E-state index contributed by atoms with van der Waals surface area (Å²) in [4.78, 5) is 2.34. The van der Waals surface area contributed by atoms with E-state index in [1.165, 1.54) is 54.2 Å². The third-order valence-electron chi connectivity index (χ3n) is 13.4. The van der Waals surface area contributed by atoms with Gasteiger partial charge < -0.3 is 13.9 Å². The predicted molar refractivity (Wildman–Crippen MR) is 273 cm³/mol. The van der Waals surface area contributed by atoms with Gasteiger partial charge in [-0.15, -0.1) is 0 Å². The van der Waals surface area contributed by atoms with E-state index in [0.29, 0.717) is 5.92 Å². The molecule has 304 valence electrons. The Kier molecular flexibility index (Phi) is 9.13. The van der Waals surface area contributed by atoms with Gasteiger partial charge >= 0.3 is 0 Å². The molecule has 0 saturated heterocycles. The maximum absolute atomic E-state index is 6.46. The Morgan fingerprint density at radius 1 is 0.547 bits per heavy atom. The van der Waals surface area contributed by atoms with Gasteiger partial charge in [-0.3, -0.25) is 0 Å². The van der Waals surface area contributed by atoms with E-state index in [4.69, 9.17) is 4.42 Å². The number of rotatable bonds is 9. The average Bonchev–Trinajstić information content (AvgIpc) is 4.00. The fraction of sp³-hybridized carbons (Fsp3) is 0.0333. The molecule has 10 aromatic rings. The van der Waals surface area contributed by atoms with Gasteiger partial charge in [0.05, 0.1) is 5.52 Å². The first-order valence-electron chi connectivity index (χ1n) is 22.1. The minimum atomic E-state index is -2.70. The molecule has 0 fully saturated rings. The quantitative estimate of drug-likeness (QED) is 0.107. The van der Waals surface area contributed by atoms with Gasteiger partial charge in [-0.25, -0.2) is 0 Å². The van der Waals surface area contributed by atoms with Crippen LogP contribution in [0.15, 0.2) is 241 Å². The zero-order valence-corrected chi connectivity index (χ0v) is 36.3. The minimum Gasteiger partial charge on any atom is -0.456 e. The Morgan fingerprint density at radius 2 is 1.09 bits per heavy atom. The second kappa shape index (κ2) is 15.5. The van der Waals surface area contributed by atoms with E-state index in [1.54, 1.807) is 0 Å². The van der Waals surface area contributed by atoms with Gasteiger partial charge in [-0.05, 0) is 92.9 Å². The molecule has 1 aliphatic carbocycles. The van der Waals surface area contributed by atoms with Crippen LogP contribution in [-0.4, -0.2) is 12.6 Å². The van der Waals surface area contributed by atoms with Crippen molar-refractivity contribution >= 4 is 96.6 Å². The maximum Gasteiger partial charge on any atom is 0.179 e. The van der Waals surface area contributed by atoms with Crippen LogP contribution in [-0.2, 0) is 0 Å². The topological polar surface area (TPSA) is 21.3 Å². The van der Waals surface area contributed by atoms with Crippen molar-refractivity contribution in [2.75, 3.05) is 4.90 Å². The lowest BCUT2D eigenvalue weighted by atomic mass is 9.88. The second-order valence-corrected chi connectivity index (χ2v) is 20.7. The van der Waals surface area contributed by atoms with Crippen molar-refractivity contribution in [1.82, 2.24) is 4.57 Å². The summed E-state index contributed by atoms with van der Waals surface area (Å²) in [7, 11) is -2.70. The van der Waals surface area contributed by atoms with Crippen LogP contribution in [0.4, 0.5) is 17.1 Å². The van der Waals surface area contributed by atoms with Crippen LogP contribution >= 0.6 is 0 Å². The van der Waals surface area contributed by atoms with Crippen LogP contribution in [0.25, 0.3) is 50.7 Å². The standard InChI is InChI=1S/C60H44N2OSi/c1-42-51-26-16-27-55-52-24-11-13-28-57(52)62(60(51)55)56(42)29-15-17-43-31-33-44(34-32-43)61(46-37-40-54-53-25-12-14-30-58(53)63-59(54)41-46)45-35-38-50(39-36-45)64(47-18-5-2-6-19-47,48-20-7-3-8-21-48)49-22-9-4-10-23-49/h2-25,27-41,51H,1,26H2. The molecule has 2 aliphatic rings. The predicted octanol–water partition coefficient (Wildman–Crippen LogP) is 13.0. The SMILES string of the molecule is C=C1C(=CC=Cc2ccc(N(c3ccc([Si](c4ccccc4)(c4ccccc4)c4ccccc4)cc3)c3ccc4c(c3)oc3ccccc34)cc2)n2c3c(c4ccccc42)C=CCC13. The Labute approximate surface area is 374 Å². The molecule has 2 aromatic heterocycles. The number of hydrogen-bond acceptors (Lipinski definition) is 2. The Balaban J connectivity index is 0.945. The molecule has 0 spiro atoms. The van der Waals surface area contributed by atoms with E-state index >= 15 is 0 Å². The number of fused-ring (bicyclic) bond motifs is 6. The monoisotopic (exact) mass is 836 g/mol.